The van der Waals surface area contributed by atoms with Crippen molar-refractivity contribution in [2.24, 2.45) is 0 Å². The number of Topliss-reactive ketones (excluding diaryl/α,β-unsaturated/α-hetero) is 1. The van der Waals surface area contributed by atoms with Gasteiger partial charge in [-0.2, -0.15) is 0 Å². The molecule has 0 fully saturated rings. The molecule has 4 heteroatoms. The lowest BCUT2D eigenvalue weighted by Crippen LogP contribution is -2.36. The van der Waals surface area contributed by atoms with Crippen LogP contribution in [0.1, 0.15) is 27.9 Å². The molecular weight excluding hydrogens is 240 g/mol. The Balaban J connectivity index is 1.98. The van der Waals surface area contributed by atoms with Gasteiger partial charge in [-0.3, -0.25) is 14.5 Å². The van der Waals surface area contributed by atoms with Gasteiger partial charge in [0.05, 0.1) is 13.1 Å². The van der Waals surface area contributed by atoms with E-state index in [2.05, 4.69) is 11.4 Å². The molecule has 1 aliphatic rings. The van der Waals surface area contributed by atoms with Gasteiger partial charge in [0.15, 0.2) is 5.78 Å². The largest absolute Gasteiger partial charge is 0.358 e. The van der Waals surface area contributed by atoms with Gasteiger partial charge in [-0.15, -0.1) is 0 Å². The molecule has 0 radical (unpaired) electrons. The minimum Gasteiger partial charge on any atom is -0.358 e. The molecule has 19 heavy (non-hydrogen) atoms. The lowest BCUT2D eigenvalue weighted by Gasteiger charge is -2.14. The molecule has 4 nitrogen and oxygen atoms in total. The summed E-state index contributed by atoms with van der Waals surface area (Å²) in [5, 5.41) is 2.55. The van der Waals surface area contributed by atoms with Crippen LogP contribution in [0, 0.1) is 0 Å². The predicted octanol–water partition coefficient (Wildman–Crippen LogP) is 1.04. The molecule has 1 aromatic carbocycles. The highest BCUT2D eigenvalue weighted by atomic mass is 16.2. The van der Waals surface area contributed by atoms with Crippen LogP contribution >= 0.6 is 0 Å². The normalized spacial score (nSPS) is 13.4. The summed E-state index contributed by atoms with van der Waals surface area (Å²) in [6, 6.07) is 5.98. The summed E-state index contributed by atoms with van der Waals surface area (Å²) < 4.78 is 0. The third kappa shape index (κ3) is 3.41. The topological polar surface area (TPSA) is 49.4 Å². The van der Waals surface area contributed by atoms with E-state index in [1.807, 2.05) is 12.1 Å². The van der Waals surface area contributed by atoms with Crippen molar-refractivity contribution in [3.8, 4) is 0 Å². The number of rotatable bonds is 5. The van der Waals surface area contributed by atoms with E-state index in [1.165, 1.54) is 17.5 Å². The molecule has 0 bridgehead atoms. The van der Waals surface area contributed by atoms with Crippen LogP contribution < -0.4 is 5.32 Å². The zero-order valence-electron chi connectivity index (χ0n) is 11.5. The van der Waals surface area contributed by atoms with Crippen LogP contribution in [0.5, 0.6) is 0 Å². The lowest BCUT2D eigenvalue weighted by atomic mass is 10.0. The summed E-state index contributed by atoms with van der Waals surface area (Å²) in [5.41, 5.74) is 3.43. The van der Waals surface area contributed by atoms with E-state index < -0.39 is 0 Å². The minimum atomic E-state index is -0.0794. The first-order valence-electron chi connectivity index (χ1n) is 6.64. The van der Waals surface area contributed by atoms with Crippen LogP contribution in [0.25, 0.3) is 0 Å². The highest BCUT2D eigenvalue weighted by Gasteiger charge is 2.15. The number of nitrogens with one attached hydrogen (secondary N) is 1. The van der Waals surface area contributed by atoms with E-state index in [0.29, 0.717) is 0 Å². The zero-order chi connectivity index (χ0) is 13.8. The molecule has 0 saturated heterocycles. The predicted molar refractivity (Wildman–Crippen MR) is 74.4 cm³/mol. The van der Waals surface area contributed by atoms with E-state index >= 15 is 0 Å². The fourth-order valence-electron chi connectivity index (χ4n) is 2.46. The van der Waals surface area contributed by atoms with Gasteiger partial charge in [-0.05, 0) is 43.5 Å². The van der Waals surface area contributed by atoms with E-state index in [-0.39, 0.29) is 24.8 Å². The summed E-state index contributed by atoms with van der Waals surface area (Å²) in [7, 11) is 3.37. The summed E-state index contributed by atoms with van der Waals surface area (Å²) in [4.78, 5) is 25.1. The fourth-order valence-corrected chi connectivity index (χ4v) is 2.46. The molecule has 102 valence electrons. The molecule has 1 aromatic rings. The third-order valence-corrected chi connectivity index (χ3v) is 3.53. The maximum absolute atomic E-state index is 12.2. The Kier molecular flexibility index (Phi) is 4.32. The molecule has 0 aliphatic heterocycles. The van der Waals surface area contributed by atoms with Crippen molar-refractivity contribution in [1.29, 1.82) is 0 Å². The van der Waals surface area contributed by atoms with Gasteiger partial charge in [0.2, 0.25) is 5.91 Å². The highest BCUT2D eigenvalue weighted by Crippen LogP contribution is 2.23. The second-order valence-electron chi connectivity index (χ2n) is 5.11. The van der Waals surface area contributed by atoms with Gasteiger partial charge in [0.25, 0.3) is 0 Å². The number of benzene rings is 1. The van der Waals surface area contributed by atoms with E-state index in [9.17, 15) is 9.59 Å². The molecular formula is C15H20N2O2. The van der Waals surface area contributed by atoms with Gasteiger partial charge in [0, 0.05) is 12.6 Å². The van der Waals surface area contributed by atoms with Crippen molar-refractivity contribution in [3.05, 3.63) is 34.9 Å². The monoisotopic (exact) mass is 260 g/mol. The lowest BCUT2D eigenvalue weighted by molar-refractivity contribution is -0.121. The molecule has 0 unspecified atom stereocenters. The van der Waals surface area contributed by atoms with Crippen LogP contribution in [0.2, 0.25) is 0 Å². The first-order valence-corrected chi connectivity index (χ1v) is 6.64. The van der Waals surface area contributed by atoms with E-state index in [0.717, 1.165) is 18.4 Å². The van der Waals surface area contributed by atoms with Gasteiger partial charge in [0.1, 0.15) is 0 Å². The molecule has 1 aliphatic carbocycles. The minimum absolute atomic E-state index is 0.0705. The number of ketones is 1. The number of aryl methyl sites for hydroxylation is 2. The van der Waals surface area contributed by atoms with Crippen molar-refractivity contribution in [2.75, 3.05) is 27.2 Å². The van der Waals surface area contributed by atoms with Crippen molar-refractivity contribution in [2.45, 2.75) is 19.3 Å². The average molecular weight is 260 g/mol. The SMILES string of the molecule is CNC(=O)CN(C)CC(=O)c1ccc2c(c1)CCC2. The average Bonchev–Trinajstić information content (AvgIpc) is 2.85. The maximum atomic E-state index is 12.2. The van der Waals surface area contributed by atoms with Crippen LogP contribution in [0.4, 0.5) is 0 Å². The van der Waals surface area contributed by atoms with Crippen molar-refractivity contribution < 1.29 is 9.59 Å². The molecule has 1 amide bonds. The molecule has 1 N–H and O–H groups in total. The first-order chi connectivity index (χ1) is 9.10. The number of carbonyl (C=O) groups is 2. The third-order valence-electron chi connectivity index (χ3n) is 3.53. The number of carbonyl (C=O) groups excluding carboxylic acids is 2. The number of amides is 1. The zero-order valence-corrected chi connectivity index (χ0v) is 11.5. The number of hydrogen-bond donors (Lipinski definition) is 1. The van der Waals surface area contributed by atoms with Crippen molar-refractivity contribution in [1.82, 2.24) is 10.2 Å². The van der Waals surface area contributed by atoms with E-state index in [4.69, 9.17) is 0 Å². The summed E-state index contributed by atoms with van der Waals surface area (Å²) >= 11 is 0. The van der Waals surface area contributed by atoms with E-state index in [1.54, 1.807) is 19.0 Å². The quantitative estimate of drug-likeness (QED) is 0.805. The second-order valence-corrected chi connectivity index (χ2v) is 5.11. The smallest absolute Gasteiger partial charge is 0.233 e. The first kappa shape index (κ1) is 13.7. The van der Waals surface area contributed by atoms with Crippen molar-refractivity contribution in [3.63, 3.8) is 0 Å². The standard InChI is InChI=1S/C15H20N2O2/c1-16-15(19)10-17(2)9-14(18)13-7-6-11-4-3-5-12(11)8-13/h6-8H,3-5,9-10H2,1-2H3,(H,16,19). The van der Waals surface area contributed by atoms with Gasteiger partial charge in [-0.1, -0.05) is 12.1 Å². The van der Waals surface area contributed by atoms with Gasteiger partial charge >= 0.3 is 0 Å². The Labute approximate surface area is 113 Å². The number of nitrogens with zero attached hydrogens (tertiary/aromatic N) is 1. The molecule has 2 rings (SSSR count). The highest BCUT2D eigenvalue weighted by molar-refractivity contribution is 5.98. The number of hydrogen-bond acceptors (Lipinski definition) is 3. The van der Waals surface area contributed by atoms with Crippen LogP contribution in [-0.4, -0.2) is 43.8 Å². The van der Waals surface area contributed by atoms with Gasteiger partial charge in [-0.25, -0.2) is 0 Å². The number of likely N-dealkylation sites (N-methyl/N-ethyl adjacent to an activating group) is 2. The number of fused-ring (bicyclic) bond motifs is 1. The Hall–Kier alpha value is -1.68. The molecule has 0 aromatic heterocycles. The Morgan fingerprint density at radius 2 is 1.95 bits per heavy atom. The summed E-state index contributed by atoms with van der Waals surface area (Å²) in [5.74, 6) is -0.00893. The Morgan fingerprint density at radius 3 is 2.68 bits per heavy atom. The van der Waals surface area contributed by atoms with Crippen LogP contribution in [0.15, 0.2) is 18.2 Å². The maximum Gasteiger partial charge on any atom is 0.233 e. The van der Waals surface area contributed by atoms with Crippen molar-refractivity contribution >= 4 is 11.7 Å². The molecule has 0 heterocycles. The summed E-state index contributed by atoms with van der Waals surface area (Å²) in [6.07, 6.45) is 3.38. The molecule has 0 spiro atoms. The van der Waals surface area contributed by atoms with Crippen LogP contribution in [0.3, 0.4) is 0 Å². The Morgan fingerprint density at radius 1 is 1.21 bits per heavy atom. The van der Waals surface area contributed by atoms with Gasteiger partial charge < -0.3 is 5.32 Å². The fraction of sp³-hybridized carbons (Fsp3) is 0.467. The van der Waals surface area contributed by atoms with Crippen LogP contribution in [-0.2, 0) is 17.6 Å². The summed E-state index contributed by atoms with van der Waals surface area (Å²) in [6.45, 7) is 0.513. The molecule has 0 saturated carbocycles. The second kappa shape index (κ2) is 5.97. The molecule has 0 atom stereocenters. The Bertz CT molecular complexity index is 497.